The number of rotatable bonds is 6. The Morgan fingerprint density at radius 2 is 2.00 bits per heavy atom. The van der Waals surface area contributed by atoms with E-state index in [0.717, 1.165) is 0 Å². The van der Waals surface area contributed by atoms with Gasteiger partial charge >= 0.3 is 0 Å². The molecular formula is C12H17F2N3O. The van der Waals surface area contributed by atoms with Crippen molar-refractivity contribution in [3.05, 3.63) is 35.9 Å². The van der Waals surface area contributed by atoms with Gasteiger partial charge in [-0.3, -0.25) is 4.90 Å². The summed E-state index contributed by atoms with van der Waals surface area (Å²) in [4.78, 5) is 1.45. The number of oxime groups is 1. The average Bonchev–Trinajstić information content (AvgIpc) is 2.36. The van der Waals surface area contributed by atoms with Crippen molar-refractivity contribution in [3.63, 3.8) is 0 Å². The second kappa shape index (κ2) is 6.30. The van der Waals surface area contributed by atoms with E-state index in [0.29, 0.717) is 6.54 Å². The molecule has 1 rings (SSSR count). The first-order valence-corrected chi connectivity index (χ1v) is 5.54. The van der Waals surface area contributed by atoms with E-state index in [1.807, 2.05) is 0 Å². The van der Waals surface area contributed by atoms with E-state index >= 15 is 0 Å². The van der Waals surface area contributed by atoms with Gasteiger partial charge in [-0.2, -0.15) is 8.78 Å². The highest BCUT2D eigenvalue weighted by atomic mass is 19.3. The van der Waals surface area contributed by atoms with Crippen molar-refractivity contribution in [1.82, 2.24) is 4.90 Å². The number of amidine groups is 1. The van der Waals surface area contributed by atoms with Gasteiger partial charge in [-0.05, 0) is 7.05 Å². The first kappa shape index (κ1) is 14.4. The predicted octanol–water partition coefficient (Wildman–Crippen LogP) is 1.85. The zero-order valence-electron chi connectivity index (χ0n) is 10.2. The largest absolute Gasteiger partial charge is 0.409 e. The minimum absolute atomic E-state index is 0.0133. The molecule has 0 aliphatic carbocycles. The highest BCUT2D eigenvalue weighted by Crippen LogP contribution is 2.28. The summed E-state index contributed by atoms with van der Waals surface area (Å²) in [6.07, 6.45) is 0.248. The molecule has 18 heavy (non-hydrogen) atoms. The van der Waals surface area contributed by atoms with E-state index in [2.05, 4.69) is 5.16 Å². The van der Waals surface area contributed by atoms with Gasteiger partial charge in [-0.1, -0.05) is 35.5 Å². The maximum absolute atomic E-state index is 13.9. The summed E-state index contributed by atoms with van der Waals surface area (Å²) in [6.45, 7) is -0.103. The number of likely N-dealkylation sites (N-methyl/N-ethyl adjacent to an activating group) is 1. The van der Waals surface area contributed by atoms with Gasteiger partial charge in [0.25, 0.3) is 5.92 Å². The average molecular weight is 257 g/mol. The lowest BCUT2D eigenvalue weighted by Crippen LogP contribution is -2.34. The van der Waals surface area contributed by atoms with Crippen molar-refractivity contribution < 1.29 is 14.0 Å². The van der Waals surface area contributed by atoms with Gasteiger partial charge in [0.2, 0.25) is 0 Å². The topological polar surface area (TPSA) is 61.8 Å². The van der Waals surface area contributed by atoms with Crippen LogP contribution in [0.5, 0.6) is 0 Å². The number of benzene rings is 1. The van der Waals surface area contributed by atoms with Crippen molar-refractivity contribution in [2.45, 2.75) is 12.3 Å². The molecule has 1 aromatic rings. The Balaban J connectivity index is 2.55. The minimum Gasteiger partial charge on any atom is -0.409 e. The first-order valence-electron chi connectivity index (χ1n) is 5.54. The van der Waals surface area contributed by atoms with Crippen LogP contribution in [0.25, 0.3) is 0 Å². The van der Waals surface area contributed by atoms with Crippen LogP contribution >= 0.6 is 0 Å². The molecule has 0 fully saturated rings. The summed E-state index contributed by atoms with van der Waals surface area (Å²) < 4.78 is 27.7. The van der Waals surface area contributed by atoms with Crippen LogP contribution in [0.3, 0.4) is 0 Å². The van der Waals surface area contributed by atoms with Gasteiger partial charge in [0.05, 0.1) is 6.54 Å². The van der Waals surface area contributed by atoms with Crippen LogP contribution in [0.1, 0.15) is 12.0 Å². The lowest BCUT2D eigenvalue weighted by molar-refractivity contribution is -0.0316. The Hall–Kier alpha value is -1.69. The molecule has 0 aliphatic heterocycles. The smallest absolute Gasteiger partial charge is 0.285 e. The van der Waals surface area contributed by atoms with Crippen LogP contribution in [-0.2, 0) is 5.92 Å². The quantitative estimate of drug-likeness (QED) is 0.354. The second-order valence-corrected chi connectivity index (χ2v) is 4.15. The van der Waals surface area contributed by atoms with Gasteiger partial charge in [0.1, 0.15) is 5.84 Å². The molecule has 3 N–H and O–H groups in total. The summed E-state index contributed by atoms with van der Waals surface area (Å²) in [5, 5.41) is 11.1. The molecule has 100 valence electrons. The molecule has 0 atom stereocenters. The number of nitrogens with zero attached hydrogens (tertiary/aromatic N) is 2. The van der Waals surface area contributed by atoms with Gasteiger partial charge < -0.3 is 10.9 Å². The lowest BCUT2D eigenvalue weighted by Gasteiger charge is -2.23. The van der Waals surface area contributed by atoms with Crippen molar-refractivity contribution >= 4 is 5.84 Å². The molecule has 4 nitrogen and oxygen atoms in total. The predicted molar refractivity (Wildman–Crippen MR) is 65.9 cm³/mol. The summed E-state index contributed by atoms with van der Waals surface area (Å²) in [6, 6.07) is 7.66. The first-order chi connectivity index (χ1) is 8.45. The molecule has 0 saturated heterocycles. The van der Waals surface area contributed by atoms with Crippen LogP contribution in [0.15, 0.2) is 35.5 Å². The van der Waals surface area contributed by atoms with E-state index in [4.69, 9.17) is 10.9 Å². The van der Waals surface area contributed by atoms with Crippen LogP contribution in [0.4, 0.5) is 8.78 Å². The van der Waals surface area contributed by atoms with E-state index in [1.165, 1.54) is 17.0 Å². The van der Waals surface area contributed by atoms with Gasteiger partial charge in [0.15, 0.2) is 0 Å². The molecule has 0 radical (unpaired) electrons. The molecule has 1 aromatic carbocycles. The normalized spacial score (nSPS) is 13.0. The monoisotopic (exact) mass is 257 g/mol. The molecule has 0 spiro atoms. The molecule has 0 saturated carbocycles. The Morgan fingerprint density at radius 3 is 2.56 bits per heavy atom. The molecule has 0 aromatic heterocycles. The minimum atomic E-state index is -2.92. The highest BCUT2D eigenvalue weighted by molar-refractivity contribution is 5.79. The zero-order valence-corrected chi connectivity index (χ0v) is 10.2. The molecule has 0 amide bonds. The van der Waals surface area contributed by atoms with E-state index in [9.17, 15) is 8.78 Å². The van der Waals surface area contributed by atoms with E-state index < -0.39 is 12.5 Å². The fourth-order valence-corrected chi connectivity index (χ4v) is 1.55. The Kier molecular flexibility index (Phi) is 5.03. The summed E-state index contributed by atoms with van der Waals surface area (Å²) >= 11 is 0. The Bertz CT molecular complexity index is 396. The van der Waals surface area contributed by atoms with Gasteiger partial charge in [-0.25, -0.2) is 0 Å². The van der Waals surface area contributed by atoms with Gasteiger partial charge in [0, 0.05) is 18.5 Å². The molecule has 0 aliphatic rings. The van der Waals surface area contributed by atoms with Gasteiger partial charge in [-0.15, -0.1) is 0 Å². The molecule has 0 unspecified atom stereocenters. The Labute approximate surface area is 105 Å². The van der Waals surface area contributed by atoms with Crippen molar-refractivity contribution in [2.24, 2.45) is 10.9 Å². The number of halogens is 2. The third-order valence-corrected chi connectivity index (χ3v) is 2.54. The third kappa shape index (κ3) is 4.29. The molecule has 0 heterocycles. The maximum atomic E-state index is 13.9. The molecule has 0 bridgehead atoms. The van der Waals surface area contributed by atoms with Crippen molar-refractivity contribution in [2.75, 3.05) is 20.1 Å². The number of nitrogens with two attached hydrogens (primary N) is 1. The van der Waals surface area contributed by atoms with E-state index in [-0.39, 0.29) is 17.8 Å². The molecule has 6 heteroatoms. The van der Waals surface area contributed by atoms with Crippen molar-refractivity contribution in [1.29, 1.82) is 0 Å². The number of hydrogen-bond donors (Lipinski definition) is 2. The lowest BCUT2D eigenvalue weighted by atomic mass is 10.1. The fraction of sp³-hybridized carbons (Fsp3) is 0.417. The summed E-state index contributed by atoms with van der Waals surface area (Å²) in [7, 11) is 1.57. The number of hydrogen-bond acceptors (Lipinski definition) is 3. The highest BCUT2D eigenvalue weighted by Gasteiger charge is 2.32. The second-order valence-electron chi connectivity index (χ2n) is 4.15. The van der Waals surface area contributed by atoms with Crippen LogP contribution in [-0.4, -0.2) is 36.1 Å². The standard InChI is InChI=1S/C12H17F2N3O/c1-17(8-7-11(15)16-18)9-12(13,14)10-5-3-2-4-6-10/h2-6,18H,7-9H2,1H3,(H2,15,16). The summed E-state index contributed by atoms with van der Waals surface area (Å²) in [5.41, 5.74) is 5.27. The van der Waals surface area contributed by atoms with E-state index in [1.54, 1.807) is 25.2 Å². The maximum Gasteiger partial charge on any atom is 0.285 e. The van der Waals surface area contributed by atoms with Crippen LogP contribution < -0.4 is 5.73 Å². The fourth-order valence-electron chi connectivity index (χ4n) is 1.55. The number of alkyl halides is 2. The zero-order chi connectivity index (χ0) is 13.6. The Morgan fingerprint density at radius 1 is 1.39 bits per heavy atom. The van der Waals surface area contributed by atoms with Crippen molar-refractivity contribution in [3.8, 4) is 0 Å². The van der Waals surface area contributed by atoms with Crippen LogP contribution in [0, 0.1) is 0 Å². The SMILES string of the molecule is CN(CC/C(N)=N/O)CC(F)(F)c1ccccc1. The van der Waals surface area contributed by atoms with Crippen LogP contribution in [0.2, 0.25) is 0 Å². The summed E-state index contributed by atoms with van der Waals surface area (Å²) in [5.74, 6) is -2.88. The third-order valence-electron chi connectivity index (χ3n) is 2.54. The molecular weight excluding hydrogens is 240 g/mol.